The summed E-state index contributed by atoms with van der Waals surface area (Å²) in [5.74, 6) is 0. The highest BCUT2D eigenvalue weighted by Crippen LogP contribution is 2.18. The number of likely N-dealkylation sites (N-methyl/N-ethyl adjacent to an activating group) is 1. The third-order valence-electron chi connectivity index (χ3n) is 3.26. The van der Waals surface area contributed by atoms with Crippen LogP contribution in [0.2, 0.25) is 0 Å². The van der Waals surface area contributed by atoms with Gasteiger partial charge in [-0.2, -0.15) is 4.31 Å². The summed E-state index contributed by atoms with van der Waals surface area (Å²) in [5, 5.41) is 3.26. The molecule has 1 N–H and O–H groups in total. The number of nitrogens with zero attached hydrogens (tertiary/aromatic N) is 1. The van der Waals surface area contributed by atoms with Gasteiger partial charge in [0.2, 0.25) is 10.0 Å². The van der Waals surface area contributed by atoms with Crippen molar-refractivity contribution >= 4 is 10.0 Å². The van der Waals surface area contributed by atoms with E-state index in [1.807, 2.05) is 32.9 Å². The summed E-state index contributed by atoms with van der Waals surface area (Å²) < 4.78 is 26.5. The van der Waals surface area contributed by atoms with Crippen molar-refractivity contribution < 1.29 is 8.42 Å². The van der Waals surface area contributed by atoms with E-state index in [4.69, 9.17) is 0 Å². The normalized spacial score (nSPS) is 12.3. The van der Waals surface area contributed by atoms with Crippen molar-refractivity contribution in [3.05, 3.63) is 29.8 Å². The third kappa shape index (κ3) is 4.30. The fraction of sp³-hybridized carbons (Fsp3) is 0.600. The molecule has 0 spiro atoms. The van der Waals surface area contributed by atoms with Crippen LogP contribution in [-0.2, 0) is 16.4 Å². The van der Waals surface area contributed by atoms with Crippen LogP contribution in [0.1, 0.15) is 33.3 Å². The molecule has 0 aromatic heterocycles. The van der Waals surface area contributed by atoms with E-state index < -0.39 is 10.0 Å². The zero-order chi connectivity index (χ0) is 15.2. The Kier molecular flexibility index (Phi) is 6.65. The third-order valence-corrected chi connectivity index (χ3v) is 5.42. The summed E-state index contributed by atoms with van der Waals surface area (Å²) >= 11 is 0. The van der Waals surface area contributed by atoms with Gasteiger partial charge in [0.1, 0.15) is 0 Å². The summed E-state index contributed by atoms with van der Waals surface area (Å²) in [6.45, 7) is 10.1. The molecular weight excluding hydrogens is 272 g/mol. The van der Waals surface area contributed by atoms with Crippen LogP contribution in [0.3, 0.4) is 0 Å². The number of hydrogen-bond donors (Lipinski definition) is 1. The molecule has 0 bridgehead atoms. The van der Waals surface area contributed by atoms with Crippen molar-refractivity contribution in [1.82, 2.24) is 9.62 Å². The van der Waals surface area contributed by atoms with Crippen LogP contribution in [0, 0.1) is 0 Å². The summed E-state index contributed by atoms with van der Waals surface area (Å²) in [6, 6.07) is 7.19. The molecule has 4 nitrogen and oxygen atoms in total. The van der Waals surface area contributed by atoms with E-state index in [0.29, 0.717) is 11.4 Å². The summed E-state index contributed by atoms with van der Waals surface area (Å²) in [7, 11) is -3.37. The zero-order valence-corrected chi connectivity index (χ0v) is 13.7. The molecular formula is C15H26N2O2S. The van der Waals surface area contributed by atoms with Crippen LogP contribution in [0.25, 0.3) is 0 Å². The SMILES string of the molecule is CCNCCc1ccc(S(=O)(=O)N(CC)C(C)C)cc1. The minimum Gasteiger partial charge on any atom is -0.317 e. The van der Waals surface area contributed by atoms with Gasteiger partial charge in [-0.15, -0.1) is 0 Å². The van der Waals surface area contributed by atoms with Gasteiger partial charge in [-0.3, -0.25) is 0 Å². The highest BCUT2D eigenvalue weighted by atomic mass is 32.2. The Morgan fingerprint density at radius 1 is 1.15 bits per heavy atom. The first-order valence-corrected chi connectivity index (χ1v) is 8.69. The standard InChI is InChI=1S/C15H26N2O2S/c1-5-16-12-11-14-7-9-15(10-8-14)20(18,19)17(6-2)13(3)4/h7-10,13,16H,5-6,11-12H2,1-4H3. The molecule has 0 atom stereocenters. The Morgan fingerprint density at radius 2 is 1.75 bits per heavy atom. The quantitative estimate of drug-likeness (QED) is 0.749. The minimum absolute atomic E-state index is 0.0292. The molecule has 0 heterocycles. The molecule has 1 aromatic carbocycles. The number of rotatable bonds is 8. The van der Waals surface area contributed by atoms with E-state index in [9.17, 15) is 8.42 Å². The molecule has 0 aliphatic rings. The van der Waals surface area contributed by atoms with E-state index in [2.05, 4.69) is 12.2 Å². The number of sulfonamides is 1. The molecule has 1 aromatic rings. The van der Waals surface area contributed by atoms with Gasteiger partial charge in [0.05, 0.1) is 4.90 Å². The average Bonchev–Trinajstić information content (AvgIpc) is 2.39. The van der Waals surface area contributed by atoms with Crippen LogP contribution in [0.15, 0.2) is 29.2 Å². The maximum absolute atomic E-state index is 12.5. The second-order valence-electron chi connectivity index (χ2n) is 5.05. The fourth-order valence-electron chi connectivity index (χ4n) is 2.19. The van der Waals surface area contributed by atoms with Gasteiger partial charge in [-0.05, 0) is 51.1 Å². The topological polar surface area (TPSA) is 49.4 Å². The molecule has 0 saturated carbocycles. The molecule has 0 saturated heterocycles. The first kappa shape index (κ1) is 17.1. The molecule has 0 fully saturated rings. The van der Waals surface area contributed by atoms with Crippen molar-refractivity contribution in [2.45, 2.75) is 45.1 Å². The van der Waals surface area contributed by atoms with Gasteiger partial charge < -0.3 is 5.32 Å². The van der Waals surface area contributed by atoms with Crippen molar-refractivity contribution in [3.63, 3.8) is 0 Å². The Labute approximate surface area is 123 Å². The van der Waals surface area contributed by atoms with Crippen molar-refractivity contribution in [1.29, 1.82) is 0 Å². The Morgan fingerprint density at radius 3 is 2.20 bits per heavy atom. The van der Waals surface area contributed by atoms with Crippen LogP contribution >= 0.6 is 0 Å². The molecule has 114 valence electrons. The van der Waals surface area contributed by atoms with Gasteiger partial charge in [0.25, 0.3) is 0 Å². The lowest BCUT2D eigenvalue weighted by Crippen LogP contribution is -2.36. The fourth-order valence-corrected chi connectivity index (χ4v) is 3.83. The number of nitrogens with one attached hydrogen (secondary N) is 1. The minimum atomic E-state index is -3.37. The second kappa shape index (κ2) is 7.76. The molecule has 0 amide bonds. The molecule has 0 radical (unpaired) electrons. The first-order valence-electron chi connectivity index (χ1n) is 7.25. The van der Waals surface area contributed by atoms with E-state index in [-0.39, 0.29) is 6.04 Å². The van der Waals surface area contributed by atoms with E-state index in [1.165, 1.54) is 4.31 Å². The lowest BCUT2D eigenvalue weighted by atomic mass is 10.1. The first-order chi connectivity index (χ1) is 9.43. The Balaban J connectivity index is 2.86. The van der Waals surface area contributed by atoms with Crippen LogP contribution in [0.5, 0.6) is 0 Å². The molecule has 1 rings (SSSR count). The maximum Gasteiger partial charge on any atom is 0.243 e. The summed E-state index contributed by atoms with van der Waals surface area (Å²) in [6.07, 6.45) is 0.913. The Hall–Kier alpha value is -0.910. The van der Waals surface area contributed by atoms with Crippen LogP contribution < -0.4 is 5.32 Å². The monoisotopic (exact) mass is 298 g/mol. The Bertz CT molecular complexity index is 495. The number of benzene rings is 1. The van der Waals surface area contributed by atoms with Crippen molar-refractivity contribution in [3.8, 4) is 0 Å². The van der Waals surface area contributed by atoms with Crippen molar-refractivity contribution in [2.24, 2.45) is 0 Å². The molecule has 20 heavy (non-hydrogen) atoms. The van der Waals surface area contributed by atoms with Gasteiger partial charge in [0.15, 0.2) is 0 Å². The average molecular weight is 298 g/mol. The summed E-state index contributed by atoms with van der Waals surface area (Å²) in [4.78, 5) is 0.375. The van der Waals surface area contributed by atoms with E-state index in [1.54, 1.807) is 12.1 Å². The molecule has 5 heteroatoms. The predicted molar refractivity (Wildman–Crippen MR) is 83.4 cm³/mol. The highest BCUT2D eigenvalue weighted by Gasteiger charge is 2.25. The predicted octanol–water partition coefficient (Wildman–Crippen LogP) is 2.26. The molecule has 0 unspecified atom stereocenters. The van der Waals surface area contributed by atoms with Crippen LogP contribution in [0.4, 0.5) is 0 Å². The van der Waals surface area contributed by atoms with Crippen LogP contribution in [-0.4, -0.2) is 38.4 Å². The highest BCUT2D eigenvalue weighted by molar-refractivity contribution is 7.89. The lowest BCUT2D eigenvalue weighted by molar-refractivity contribution is 0.369. The molecule has 0 aliphatic heterocycles. The maximum atomic E-state index is 12.5. The van der Waals surface area contributed by atoms with Gasteiger partial charge in [0, 0.05) is 12.6 Å². The van der Waals surface area contributed by atoms with Gasteiger partial charge in [-0.1, -0.05) is 26.0 Å². The summed E-state index contributed by atoms with van der Waals surface area (Å²) in [5.41, 5.74) is 1.15. The van der Waals surface area contributed by atoms with E-state index >= 15 is 0 Å². The van der Waals surface area contributed by atoms with Gasteiger partial charge >= 0.3 is 0 Å². The van der Waals surface area contributed by atoms with E-state index in [0.717, 1.165) is 25.1 Å². The number of hydrogen-bond acceptors (Lipinski definition) is 3. The van der Waals surface area contributed by atoms with Gasteiger partial charge in [-0.25, -0.2) is 8.42 Å². The largest absolute Gasteiger partial charge is 0.317 e. The second-order valence-corrected chi connectivity index (χ2v) is 6.94. The van der Waals surface area contributed by atoms with Crippen molar-refractivity contribution in [2.75, 3.05) is 19.6 Å². The lowest BCUT2D eigenvalue weighted by Gasteiger charge is -2.24. The molecule has 0 aliphatic carbocycles. The zero-order valence-electron chi connectivity index (χ0n) is 12.9. The smallest absolute Gasteiger partial charge is 0.243 e.